The SMILES string of the molecule is CCCCOCc1cnc(NCC)cn1. The Labute approximate surface area is 91.1 Å². The van der Waals surface area contributed by atoms with Crippen molar-refractivity contribution < 1.29 is 4.74 Å². The zero-order chi connectivity index (χ0) is 10.9. The molecule has 0 aromatic carbocycles. The monoisotopic (exact) mass is 209 g/mol. The van der Waals surface area contributed by atoms with E-state index >= 15 is 0 Å². The van der Waals surface area contributed by atoms with Gasteiger partial charge in [-0.15, -0.1) is 0 Å². The smallest absolute Gasteiger partial charge is 0.144 e. The van der Waals surface area contributed by atoms with Gasteiger partial charge >= 0.3 is 0 Å². The number of rotatable bonds is 7. The van der Waals surface area contributed by atoms with Crippen molar-refractivity contribution in [2.45, 2.75) is 33.3 Å². The fraction of sp³-hybridized carbons (Fsp3) is 0.636. The maximum atomic E-state index is 5.44. The van der Waals surface area contributed by atoms with Crippen LogP contribution in [0.1, 0.15) is 32.4 Å². The van der Waals surface area contributed by atoms with Crippen LogP contribution < -0.4 is 5.32 Å². The third-order valence-corrected chi connectivity index (χ3v) is 1.96. The Balaban J connectivity index is 2.29. The summed E-state index contributed by atoms with van der Waals surface area (Å²) < 4.78 is 5.44. The number of hydrogen-bond donors (Lipinski definition) is 1. The normalized spacial score (nSPS) is 10.3. The second kappa shape index (κ2) is 7.17. The summed E-state index contributed by atoms with van der Waals surface area (Å²) >= 11 is 0. The van der Waals surface area contributed by atoms with Gasteiger partial charge in [-0.2, -0.15) is 0 Å². The highest BCUT2D eigenvalue weighted by atomic mass is 16.5. The van der Waals surface area contributed by atoms with Crippen molar-refractivity contribution in [2.24, 2.45) is 0 Å². The molecule has 4 nitrogen and oxygen atoms in total. The molecule has 0 unspecified atom stereocenters. The van der Waals surface area contributed by atoms with Crippen LogP contribution in [0.25, 0.3) is 0 Å². The van der Waals surface area contributed by atoms with Gasteiger partial charge < -0.3 is 10.1 Å². The molecule has 0 aliphatic rings. The van der Waals surface area contributed by atoms with Gasteiger partial charge in [0.2, 0.25) is 0 Å². The lowest BCUT2D eigenvalue weighted by Gasteiger charge is -2.04. The second-order valence-electron chi connectivity index (χ2n) is 3.33. The second-order valence-corrected chi connectivity index (χ2v) is 3.33. The average molecular weight is 209 g/mol. The van der Waals surface area contributed by atoms with Crippen LogP contribution >= 0.6 is 0 Å². The Morgan fingerprint density at radius 3 is 2.73 bits per heavy atom. The van der Waals surface area contributed by atoms with Crippen LogP contribution in [0.5, 0.6) is 0 Å². The number of nitrogens with one attached hydrogen (secondary N) is 1. The topological polar surface area (TPSA) is 47.0 Å². The largest absolute Gasteiger partial charge is 0.375 e. The highest BCUT2D eigenvalue weighted by molar-refractivity contribution is 5.30. The molecule has 0 spiro atoms. The molecule has 0 saturated heterocycles. The highest BCUT2D eigenvalue weighted by Gasteiger charge is 1.96. The average Bonchev–Trinajstić information content (AvgIpc) is 2.27. The molecule has 15 heavy (non-hydrogen) atoms. The van der Waals surface area contributed by atoms with Crippen LogP contribution in [0.3, 0.4) is 0 Å². The van der Waals surface area contributed by atoms with Gasteiger partial charge in [0.1, 0.15) is 5.82 Å². The van der Waals surface area contributed by atoms with E-state index in [0.717, 1.165) is 37.5 Å². The van der Waals surface area contributed by atoms with E-state index in [2.05, 4.69) is 22.2 Å². The van der Waals surface area contributed by atoms with Gasteiger partial charge in [0.25, 0.3) is 0 Å². The van der Waals surface area contributed by atoms with Crippen molar-refractivity contribution >= 4 is 5.82 Å². The fourth-order valence-electron chi connectivity index (χ4n) is 1.12. The van der Waals surface area contributed by atoms with E-state index in [-0.39, 0.29) is 0 Å². The first-order valence-electron chi connectivity index (χ1n) is 5.49. The maximum absolute atomic E-state index is 5.44. The minimum atomic E-state index is 0.555. The van der Waals surface area contributed by atoms with Gasteiger partial charge in [-0.25, -0.2) is 4.98 Å². The van der Waals surface area contributed by atoms with Crippen molar-refractivity contribution in [3.05, 3.63) is 18.1 Å². The van der Waals surface area contributed by atoms with Crippen molar-refractivity contribution in [3.8, 4) is 0 Å². The van der Waals surface area contributed by atoms with Crippen LogP contribution in [0.4, 0.5) is 5.82 Å². The molecule has 1 aromatic rings. The molecular weight excluding hydrogens is 190 g/mol. The first-order chi connectivity index (χ1) is 7.36. The molecule has 1 N–H and O–H groups in total. The zero-order valence-electron chi connectivity index (χ0n) is 9.49. The Morgan fingerprint density at radius 2 is 2.13 bits per heavy atom. The molecule has 84 valence electrons. The summed E-state index contributed by atoms with van der Waals surface area (Å²) in [6, 6.07) is 0. The molecule has 0 fully saturated rings. The molecular formula is C11H19N3O. The van der Waals surface area contributed by atoms with Crippen LogP contribution in [-0.2, 0) is 11.3 Å². The van der Waals surface area contributed by atoms with E-state index in [0.29, 0.717) is 6.61 Å². The van der Waals surface area contributed by atoms with Crippen LogP contribution in [0.2, 0.25) is 0 Å². The molecule has 1 rings (SSSR count). The molecule has 0 aliphatic heterocycles. The molecule has 0 aliphatic carbocycles. The Morgan fingerprint density at radius 1 is 1.27 bits per heavy atom. The predicted octanol–water partition coefficient (Wildman–Crippen LogP) is 2.23. The quantitative estimate of drug-likeness (QED) is 0.699. The van der Waals surface area contributed by atoms with Gasteiger partial charge in [0.15, 0.2) is 0 Å². The summed E-state index contributed by atoms with van der Waals surface area (Å²) in [4.78, 5) is 8.46. The van der Waals surface area contributed by atoms with Crippen molar-refractivity contribution in [3.63, 3.8) is 0 Å². The van der Waals surface area contributed by atoms with Crippen molar-refractivity contribution in [1.82, 2.24) is 9.97 Å². The summed E-state index contributed by atoms with van der Waals surface area (Å²) in [5.74, 6) is 0.815. The molecule has 0 bridgehead atoms. The van der Waals surface area contributed by atoms with Gasteiger partial charge in [0, 0.05) is 13.2 Å². The maximum Gasteiger partial charge on any atom is 0.144 e. The molecule has 1 heterocycles. The first kappa shape index (κ1) is 11.9. The number of hydrogen-bond acceptors (Lipinski definition) is 4. The van der Waals surface area contributed by atoms with E-state index in [1.807, 2.05) is 6.92 Å². The van der Waals surface area contributed by atoms with Crippen molar-refractivity contribution in [2.75, 3.05) is 18.5 Å². The third kappa shape index (κ3) is 4.74. The zero-order valence-corrected chi connectivity index (χ0v) is 9.49. The highest BCUT2D eigenvalue weighted by Crippen LogP contribution is 2.02. The third-order valence-electron chi connectivity index (χ3n) is 1.96. The number of anilines is 1. The lowest BCUT2D eigenvalue weighted by molar-refractivity contribution is 0.115. The first-order valence-corrected chi connectivity index (χ1v) is 5.49. The minimum Gasteiger partial charge on any atom is -0.375 e. The van der Waals surface area contributed by atoms with E-state index in [1.54, 1.807) is 12.4 Å². The summed E-state index contributed by atoms with van der Waals surface area (Å²) in [7, 11) is 0. The molecule has 0 amide bonds. The summed E-state index contributed by atoms with van der Waals surface area (Å²) in [5.41, 5.74) is 0.882. The standard InChI is InChI=1S/C11H19N3O/c1-3-5-6-15-9-10-7-14-11(8-13-10)12-4-2/h7-8H,3-6,9H2,1-2H3,(H,12,14). The van der Waals surface area contributed by atoms with Gasteiger partial charge in [-0.05, 0) is 13.3 Å². The number of unbranched alkanes of at least 4 members (excludes halogenated alkanes) is 1. The van der Waals surface area contributed by atoms with Gasteiger partial charge in [-0.1, -0.05) is 13.3 Å². The van der Waals surface area contributed by atoms with E-state index in [9.17, 15) is 0 Å². The lowest BCUT2D eigenvalue weighted by atomic mass is 10.4. The Bertz CT molecular complexity index is 261. The number of ether oxygens (including phenoxy) is 1. The van der Waals surface area contributed by atoms with Crippen molar-refractivity contribution in [1.29, 1.82) is 0 Å². The van der Waals surface area contributed by atoms with Crippen LogP contribution in [-0.4, -0.2) is 23.1 Å². The summed E-state index contributed by atoms with van der Waals surface area (Å²) in [6.45, 7) is 6.39. The molecule has 0 atom stereocenters. The van der Waals surface area contributed by atoms with E-state index in [1.165, 1.54) is 0 Å². The van der Waals surface area contributed by atoms with Crippen LogP contribution in [0, 0.1) is 0 Å². The van der Waals surface area contributed by atoms with E-state index < -0.39 is 0 Å². The van der Waals surface area contributed by atoms with E-state index in [4.69, 9.17) is 4.74 Å². The molecule has 4 heteroatoms. The summed E-state index contributed by atoms with van der Waals surface area (Å²) in [6.07, 6.45) is 5.75. The minimum absolute atomic E-state index is 0.555. The molecule has 1 aromatic heterocycles. The van der Waals surface area contributed by atoms with Crippen LogP contribution in [0.15, 0.2) is 12.4 Å². The Kier molecular flexibility index (Phi) is 5.70. The van der Waals surface area contributed by atoms with Gasteiger partial charge in [0.05, 0.1) is 24.7 Å². The van der Waals surface area contributed by atoms with Gasteiger partial charge in [-0.3, -0.25) is 4.98 Å². The number of nitrogens with zero attached hydrogens (tertiary/aromatic N) is 2. The number of aromatic nitrogens is 2. The molecule has 0 saturated carbocycles. The fourth-order valence-corrected chi connectivity index (χ4v) is 1.12. The predicted molar refractivity (Wildman–Crippen MR) is 60.8 cm³/mol. The molecule has 0 radical (unpaired) electrons. The Hall–Kier alpha value is -1.16. The lowest BCUT2D eigenvalue weighted by Crippen LogP contribution is -2.02. The summed E-state index contributed by atoms with van der Waals surface area (Å²) in [5, 5.41) is 3.10.